The van der Waals surface area contributed by atoms with E-state index in [2.05, 4.69) is 0 Å². The summed E-state index contributed by atoms with van der Waals surface area (Å²) in [6, 6.07) is 0. The fourth-order valence-electron chi connectivity index (χ4n) is 2.02. The maximum Gasteiger partial charge on any atom is 0.303 e. The highest BCUT2D eigenvalue weighted by Gasteiger charge is 2.05. The number of aliphatic hydroxyl groups is 4. The summed E-state index contributed by atoms with van der Waals surface area (Å²) < 4.78 is 0. The number of Topliss-reactive ketones (excluding diaryl/α,β-unsaturated/α-hetero) is 2. The number of rotatable bonds is 20. The van der Waals surface area contributed by atoms with E-state index in [-0.39, 0.29) is 94.9 Å². The van der Waals surface area contributed by atoms with E-state index in [1.54, 1.807) is 0 Å². The Bertz CT molecular complexity index is 555. The van der Waals surface area contributed by atoms with Gasteiger partial charge < -0.3 is 51.5 Å². The molecule has 0 fully saturated rings. The van der Waals surface area contributed by atoms with Gasteiger partial charge in [0.05, 0.1) is 19.3 Å². The van der Waals surface area contributed by atoms with Crippen molar-refractivity contribution in [1.82, 2.24) is 0 Å². The van der Waals surface area contributed by atoms with Crippen molar-refractivity contribution in [3.05, 3.63) is 0 Å². The van der Waals surface area contributed by atoms with Crippen molar-refractivity contribution in [1.29, 1.82) is 0 Å². The molecule has 15 nitrogen and oxygen atoms in total. The topological polar surface area (TPSA) is 307 Å². The summed E-state index contributed by atoms with van der Waals surface area (Å²) in [5, 5.41) is 57.3. The van der Waals surface area contributed by atoms with Crippen LogP contribution in [0.4, 0.5) is 0 Å². The predicted molar refractivity (Wildman–Crippen MR) is 146 cm³/mol. The molecule has 11 N–H and O–H groups in total. The Hall–Kier alpha value is -2.82. The highest BCUT2D eigenvalue weighted by molar-refractivity contribution is 5.82. The molecule has 0 aromatic heterocycles. The molecule has 0 aromatic rings. The average Bonchev–Trinajstić information content (AvgIpc) is 2.85. The van der Waals surface area contributed by atoms with E-state index in [9.17, 15) is 28.8 Å². The van der Waals surface area contributed by atoms with Crippen LogP contribution in [0.15, 0.2) is 0 Å². The molecule has 242 valence electrons. The molecule has 0 unspecified atom stereocenters. The molecule has 0 aliphatic rings. The zero-order chi connectivity index (χ0) is 29.3. The Balaban J connectivity index is -0.0000000736. The van der Waals surface area contributed by atoms with Crippen molar-refractivity contribution in [2.24, 2.45) is 0 Å². The first-order chi connectivity index (χ1) is 17.5. The maximum absolute atomic E-state index is 10.9. The van der Waals surface area contributed by atoms with E-state index >= 15 is 0 Å². The summed E-state index contributed by atoms with van der Waals surface area (Å²) in [5.74, 6) is -2.88. The summed E-state index contributed by atoms with van der Waals surface area (Å²) in [6.07, 6.45) is 5.43. The lowest BCUT2D eigenvalue weighted by molar-refractivity contribution is -0.139. The predicted octanol–water partition coefficient (Wildman–Crippen LogP) is -0.0462. The molecule has 0 saturated heterocycles. The molecule has 0 radical (unpaired) electrons. The lowest BCUT2D eigenvalue weighted by atomic mass is 10.1. The van der Waals surface area contributed by atoms with Crippen LogP contribution in [0, 0.1) is 0 Å². The first-order valence-electron chi connectivity index (χ1n) is 12.1. The van der Waals surface area contributed by atoms with Gasteiger partial charge in [0.25, 0.3) is 0 Å². The lowest BCUT2D eigenvalue weighted by Crippen LogP contribution is -2.03. The normalized spacial score (nSPS) is 8.60. The van der Waals surface area contributed by atoms with Crippen LogP contribution in [-0.2, 0) is 28.8 Å². The Kier molecular flexibility index (Phi) is 61.5. The van der Waals surface area contributed by atoms with Gasteiger partial charge in [-0.3, -0.25) is 24.0 Å². The number of carboxylic acid groups (broad SMARTS) is 3. The number of unbranched alkanes of at least 4 members (excludes halogenated alkanes) is 3. The number of carbonyl (C=O) groups excluding carboxylic acids is 3. The van der Waals surface area contributed by atoms with Crippen LogP contribution < -0.4 is 0 Å². The summed E-state index contributed by atoms with van der Waals surface area (Å²) in [5.41, 5.74) is 0. The number of aliphatic hydroxyl groups excluding tert-OH is 4. The molecule has 0 spiro atoms. The first-order valence-corrected chi connectivity index (χ1v) is 12.1. The van der Waals surface area contributed by atoms with Gasteiger partial charge in [-0.25, -0.2) is 0 Å². The molecule has 0 aliphatic carbocycles. The molecular weight excluding hydrogens is 540 g/mol. The Labute approximate surface area is 235 Å². The third kappa shape index (κ3) is 70.3. The molecule has 0 heterocycles. The van der Waals surface area contributed by atoms with Crippen LogP contribution in [0.2, 0.25) is 0 Å². The van der Waals surface area contributed by atoms with Crippen LogP contribution in [-0.4, -0.2) is 109 Å². The smallest absolute Gasteiger partial charge is 0.303 e. The van der Waals surface area contributed by atoms with E-state index in [1.165, 1.54) is 0 Å². The van der Waals surface area contributed by atoms with Gasteiger partial charge >= 0.3 is 17.9 Å². The molecule has 0 aliphatic heterocycles. The molecule has 40 heavy (non-hydrogen) atoms. The summed E-state index contributed by atoms with van der Waals surface area (Å²) in [7, 11) is 0. The van der Waals surface area contributed by atoms with Crippen molar-refractivity contribution >= 4 is 35.8 Å². The molecule has 0 aromatic carbocycles. The average molecular weight is 593 g/mol. The zero-order valence-corrected chi connectivity index (χ0v) is 22.4. The number of hydrogen-bond acceptors (Lipinski definition) is 10. The van der Waals surface area contributed by atoms with E-state index < -0.39 is 17.9 Å². The standard InChI is InChI=1S/2C8H14O4.C4H6O3.C4H10O2.CH4.2H2O/c2*9-6-2-1-3-7(10)4-5-8(11)12;5-3-1-2-4(6)7;5-3-1-2-4-6;;;/h2*9H,1-6H2,(H,11,12);3H,1-2H2,(H,6,7);5-6H,1-4H2;1H4;2*1H2. The summed E-state index contributed by atoms with van der Waals surface area (Å²) in [6.45, 7) is 0.569. The monoisotopic (exact) mass is 592 g/mol. The van der Waals surface area contributed by atoms with E-state index in [0.29, 0.717) is 44.8 Å². The molecule has 0 bridgehead atoms. The minimum Gasteiger partial charge on any atom is -0.481 e. The minimum absolute atomic E-state index is 0. The van der Waals surface area contributed by atoms with Crippen LogP contribution >= 0.6 is 0 Å². The maximum atomic E-state index is 10.9. The number of hydrogen-bond donors (Lipinski definition) is 7. The molecule has 0 atom stereocenters. The quantitative estimate of drug-likeness (QED) is 0.0721. The second kappa shape index (κ2) is 46.1. The van der Waals surface area contributed by atoms with Crippen LogP contribution in [0.5, 0.6) is 0 Å². The van der Waals surface area contributed by atoms with Gasteiger partial charge in [0.1, 0.15) is 17.9 Å². The van der Waals surface area contributed by atoms with Crippen LogP contribution in [0.3, 0.4) is 0 Å². The third-order valence-corrected chi connectivity index (χ3v) is 4.01. The lowest BCUT2D eigenvalue weighted by Gasteiger charge is -1.96. The number of ketones is 2. The molecule has 0 rings (SSSR count). The number of carboxylic acids is 3. The van der Waals surface area contributed by atoms with E-state index in [0.717, 1.165) is 12.8 Å². The molecular formula is C25H52O15. The van der Waals surface area contributed by atoms with Gasteiger partial charge in [-0.05, 0) is 38.5 Å². The van der Waals surface area contributed by atoms with Crippen molar-refractivity contribution in [2.45, 2.75) is 97.3 Å². The fourth-order valence-corrected chi connectivity index (χ4v) is 2.02. The first kappa shape index (κ1) is 53.4. The van der Waals surface area contributed by atoms with Crippen LogP contribution in [0.1, 0.15) is 97.3 Å². The minimum atomic E-state index is -0.939. The Morgan fingerprint density at radius 2 is 0.725 bits per heavy atom. The number of aliphatic carboxylic acids is 3. The molecule has 0 saturated carbocycles. The largest absolute Gasteiger partial charge is 0.481 e. The van der Waals surface area contributed by atoms with Gasteiger partial charge in [0, 0.05) is 58.5 Å². The Morgan fingerprint density at radius 1 is 0.450 bits per heavy atom. The van der Waals surface area contributed by atoms with Crippen molar-refractivity contribution in [2.75, 3.05) is 26.4 Å². The van der Waals surface area contributed by atoms with Crippen LogP contribution in [0.25, 0.3) is 0 Å². The highest BCUT2D eigenvalue weighted by atomic mass is 16.4. The fraction of sp³-hybridized carbons (Fsp3) is 0.760. The highest BCUT2D eigenvalue weighted by Crippen LogP contribution is 2.01. The van der Waals surface area contributed by atoms with Gasteiger partial charge in [-0.2, -0.15) is 0 Å². The van der Waals surface area contributed by atoms with E-state index in [4.69, 9.17) is 35.7 Å². The third-order valence-electron chi connectivity index (χ3n) is 4.01. The zero-order valence-electron chi connectivity index (χ0n) is 22.4. The SMILES string of the molecule is C.O.O.O=C(O)CCC(=O)CCCCO.O=C(O)CCC(=O)CCCCO.O=CCCC(=O)O.OCCCCO. The number of carbonyl (C=O) groups is 6. The summed E-state index contributed by atoms with van der Waals surface area (Å²) >= 11 is 0. The van der Waals surface area contributed by atoms with E-state index in [1.807, 2.05) is 0 Å². The summed E-state index contributed by atoms with van der Waals surface area (Å²) in [4.78, 5) is 60.9. The number of aldehydes is 1. The van der Waals surface area contributed by atoms with Crippen molar-refractivity contribution in [3.63, 3.8) is 0 Å². The van der Waals surface area contributed by atoms with Gasteiger partial charge in [0.15, 0.2) is 0 Å². The second-order valence-electron chi connectivity index (χ2n) is 7.48. The van der Waals surface area contributed by atoms with Gasteiger partial charge in [0.2, 0.25) is 0 Å². The van der Waals surface area contributed by atoms with Gasteiger partial charge in [-0.1, -0.05) is 7.43 Å². The van der Waals surface area contributed by atoms with Crippen molar-refractivity contribution < 1.29 is 75.5 Å². The van der Waals surface area contributed by atoms with Crippen molar-refractivity contribution in [3.8, 4) is 0 Å². The second-order valence-corrected chi connectivity index (χ2v) is 7.48. The van der Waals surface area contributed by atoms with Gasteiger partial charge in [-0.15, -0.1) is 0 Å². The molecule has 0 amide bonds. The molecule has 15 heteroatoms. The Morgan fingerprint density at radius 3 is 0.925 bits per heavy atom.